The van der Waals surface area contributed by atoms with Crippen molar-refractivity contribution in [3.63, 3.8) is 0 Å². The number of nitrogens with one attached hydrogen (secondary N) is 1. The van der Waals surface area contributed by atoms with Gasteiger partial charge in [0.25, 0.3) is 0 Å². The van der Waals surface area contributed by atoms with Gasteiger partial charge in [-0.3, -0.25) is 4.79 Å². The molecule has 0 aliphatic carbocycles. The third kappa shape index (κ3) is 2.89. The van der Waals surface area contributed by atoms with Crippen LogP contribution in [0.15, 0.2) is 6.33 Å². The Hall–Kier alpha value is -1.83. The van der Waals surface area contributed by atoms with E-state index in [4.69, 9.17) is 0 Å². The lowest BCUT2D eigenvalue weighted by molar-refractivity contribution is -0.122. The molecule has 0 spiro atoms. The summed E-state index contributed by atoms with van der Waals surface area (Å²) in [5.74, 6) is -0.139. The van der Waals surface area contributed by atoms with Gasteiger partial charge in [0.15, 0.2) is 0 Å². The third-order valence-electron chi connectivity index (χ3n) is 2.42. The van der Waals surface area contributed by atoms with Crippen LogP contribution in [-0.4, -0.2) is 31.1 Å². The van der Waals surface area contributed by atoms with E-state index in [1.807, 2.05) is 20.8 Å². The van der Waals surface area contributed by atoms with Gasteiger partial charge in [-0.2, -0.15) is 0 Å². The first kappa shape index (κ1) is 12.6. The number of nitrogens with zero attached hydrogens (tertiary/aromatic N) is 5. The van der Waals surface area contributed by atoms with Crippen LogP contribution in [0.1, 0.15) is 28.5 Å². The Morgan fingerprint density at radius 1 is 1.56 bits per heavy atom. The van der Waals surface area contributed by atoms with Crippen molar-refractivity contribution in [2.75, 3.05) is 0 Å². The maximum absolute atomic E-state index is 11.8. The predicted octanol–water partition coefficient (Wildman–Crippen LogP) is 0.624. The minimum absolute atomic E-state index is 0.111. The Balaban J connectivity index is 1.97. The highest BCUT2D eigenvalue weighted by atomic mass is 32.1. The first-order valence-corrected chi connectivity index (χ1v) is 6.32. The fourth-order valence-corrected chi connectivity index (χ4v) is 2.62. The van der Waals surface area contributed by atoms with E-state index in [-0.39, 0.29) is 18.5 Å². The highest BCUT2D eigenvalue weighted by Gasteiger charge is 2.15. The van der Waals surface area contributed by atoms with Gasteiger partial charge < -0.3 is 5.32 Å². The summed E-state index contributed by atoms with van der Waals surface area (Å²) in [6.07, 6.45) is 1.41. The molecule has 2 aromatic rings. The summed E-state index contributed by atoms with van der Waals surface area (Å²) >= 11 is 1.63. The Morgan fingerprint density at radius 2 is 2.33 bits per heavy atom. The largest absolute Gasteiger partial charge is 0.346 e. The lowest BCUT2D eigenvalue weighted by Crippen LogP contribution is -2.30. The summed E-state index contributed by atoms with van der Waals surface area (Å²) in [5.41, 5.74) is 0.919. The van der Waals surface area contributed by atoms with E-state index in [0.717, 1.165) is 15.6 Å². The molecule has 0 aliphatic rings. The van der Waals surface area contributed by atoms with Crippen LogP contribution in [0.4, 0.5) is 0 Å². The molecule has 1 atom stereocenters. The normalized spacial score (nSPS) is 12.4. The number of rotatable bonds is 4. The smallest absolute Gasteiger partial charge is 0.242 e. The highest BCUT2D eigenvalue weighted by Crippen LogP contribution is 2.22. The van der Waals surface area contributed by atoms with Crippen molar-refractivity contribution in [1.82, 2.24) is 30.5 Å². The lowest BCUT2D eigenvalue weighted by atomic mass is 10.2. The van der Waals surface area contributed by atoms with E-state index < -0.39 is 0 Å². The molecule has 2 rings (SSSR count). The molecule has 0 fully saturated rings. The summed E-state index contributed by atoms with van der Waals surface area (Å²) in [6, 6.07) is -0.112. The van der Waals surface area contributed by atoms with Gasteiger partial charge in [-0.05, 0) is 31.2 Å². The zero-order chi connectivity index (χ0) is 13.1. The second-order valence-electron chi connectivity index (χ2n) is 3.97. The Kier molecular flexibility index (Phi) is 3.66. The Labute approximate surface area is 108 Å². The summed E-state index contributed by atoms with van der Waals surface area (Å²) < 4.78 is 1.38. The number of thiazole rings is 1. The van der Waals surface area contributed by atoms with Crippen LogP contribution in [0.25, 0.3) is 0 Å². The fraction of sp³-hybridized carbons (Fsp3) is 0.500. The number of hydrogen-bond donors (Lipinski definition) is 1. The standard InChI is InChI=1S/C10H14N6OS/c1-6(10-7(2)18-8(3)13-10)12-9(17)4-16-5-11-14-15-16/h5-6H,4H2,1-3H3,(H,12,17). The second-order valence-corrected chi connectivity index (χ2v) is 5.38. The highest BCUT2D eigenvalue weighted by molar-refractivity contribution is 7.11. The van der Waals surface area contributed by atoms with Crippen molar-refractivity contribution in [1.29, 1.82) is 0 Å². The summed E-state index contributed by atoms with van der Waals surface area (Å²) in [6.45, 7) is 5.99. The van der Waals surface area contributed by atoms with E-state index in [1.54, 1.807) is 11.3 Å². The maximum Gasteiger partial charge on any atom is 0.242 e. The molecule has 1 N–H and O–H groups in total. The van der Waals surface area contributed by atoms with Crippen LogP contribution >= 0.6 is 11.3 Å². The van der Waals surface area contributed by atoms with E-state index in [1.165, 1.54) is 11.0 Å². The summed E-state index contributed by atoms with van der Waals surface area (Å²) in [7, 11) is 0. The van der Waals surface area contributed by atoms with E-state index >= 15 is 0 Å². The van der Waals surface area contributed by atoms with Crippen molar-refractivity contribution >= 4 is 17.2 Å². The second kappa shape index (κ2) is 5.21. The molecule has 0 aromatic carbocycles. The number of tetrazole rings is 1. The molecular weight excluding hydrogens is 252 g/mol. The zero-order valence-corrected chi connectivity index (χ0v) is 11.2. The van der Waals surface area contributed by atoms with Gasteiger partial charge in [-0.15, -0.1) is 16.4 Å². The average molecular weight is 266 g/mol. The van der Waals surface area contributed by atoms with Gasteiger partial charge in [-0.25, -0.2) is 9.67 Å². The maximum atomic E-state index is 11.8. The van der Waals surface area contributed by atoms with Crippen LogP contribution in [0.2, 0.25) is 0 Å². The quantitative estimate of drug-likeness (QED) is 0.877. The number of hydrogen-bond acceptors (Lipinski definition) is 6. The number of aryl methyl sites for hydroxylation is 2. The Bertz CT molecular complexity index is 535. The first-order valence-electron chi connectivity index (χ1n) is 5.50. The third-order valence-corrected chi connectivity index (χ3v) is 3.33. The Morgan fingerprint density at radius 3 is 2.89 bits per heavy atom. The van der Waals surface area contributed by atoms with Gasteiger partial charge in [0.2, 0.25) is 5.91 Å². The summed E-state index contributed by atoms with van der Waals surface area (Å²) in [5, 5.41) is 14.5. The molecule has 0 bridgehead atoms. The van der Waals surface area contributed by atoms with E-state index in [0.29, 0.717) is 0 Å². The van der Waals surface area contributed by atoms with Crippen molar-refractivity contribution in [2.45, 2.75) is 33.4 Å². The fourth-order valence-electron chi connectivity index (χ4n) is 1.70. The zero-order valence-electron chi connectivity index (χ0n) is 10.4. The number of carbonyl (C=O) groups is 1. The number of amides is 1. The van der Waals surface area contributed by atoms with Crippen molar-refractivity contribution in [3.05, 3.63) is 21.9 Å². The van der Waals surface area contributed by atoms with Gasteiger partial charge in [0.1, 0.15) is 12.9 Å². The molecule has 1 unspecified atom stereocenters. The van der Waals surface area contributed by atoms with Crippen LogP contribution in [0.5, 0.6) is 0 Å². The molecule has 2 aromatic heterocycles. The molecule has 0 aliphatic heterocycles. The summed E-state index contributed by atoms with van der Waals surface area (Å²) in [4.78, 5) is 17.3. The molecule has 18 heavy (non-hydrogen) atoms. The van der Waals surface area contributed by atoms with E-state index in [2.05, 4.69) is 25.8 Å². The molecule has 8 heteroatoms. The minimum Gasteiger partial charge on any atom is -0.346 e. The SMILES string of the molecule is Cc1nc(C(C)NC(=O)Cn2cnnn2)c(C)s1. The number of aromatic nitrogens is 5. The monoisotopic (exact) mass is 266 g/mol. The van der Waals surface area contributed by atoms with Gasteiger partial charge in [0.05, 0.1) is 16.7 Å². The van der Waals surface area contributed by atoms with E-state index in [9.17, 15) is 4.79 Å². The first-order chi connectivity index (χ1) is 8.56. The molecule has 7 nitrogen and oxygen atoms in total. The minimum atomic E-state index is -0.139. The topological polar surface area (TPSA) is 85.6 Å². The van der Waals surface area contributed by atoms with Crippen molar-refractivity contribution in [2.24, 2.45) is 0 Å². The van der Waals surface area contributed by atoms with Crippen LogP contribution in [-0.2, 0) is 11.3 Å². The van der Waals surface area contributed by atoms with Gasteiger partial charge >= 0.3 is 0 Å². The van der Waals surface area contributed by atoms with Crippen LogP contribution in [0, 0.1) is 13.8 Å². The molecule has 0 radical (unpaired) electrons. The molecule has 2 heterocycles. The van der Waals surface area contributed by atoms with Crippen molar-refractivity contribution in [3.8, 4) is 0 Å². The molecule has 0 saturated heterocycles. The molecule has 0 saturated carbocycles. The van der Waals surface area contributed by atoms with Crippen LogP contribution in [0.3, 0.4) is 0 Å². The number of carbonyl (C=O) groups excluding carboxylic acids is 1. The lowest BCUT2D eigenvalue weighted by Gasteiger charge is -2.12. The van der Waals surface area contributed by atoms with Crippen molar-refractivity contribution < 1.29 is 4.79 Å². The van der Waals surface area contributed by atoms with Gasteiger partial charge in [0, 0.05) is 4.88 Å². The molecular formula is C10H14N6OS. The van der Waals surface area contributed by atoms with Crippen LogP contribution < -0.4 is 5.32 Å². The average Bonchev–Trinajstić information content (AvgIpc) is 2.88. The van der Waals surface area contributed by atoms with Gasteiger partial charge in [-0.1, -0.05) is 0 Å². The molecule has 96 valence electrons. The molecule has 1 amide bonds. The predicted molar refractivity (Wildman–Crippen MR) is 66.0 cm³/mol.